The molecule has 1 aliphatic carbocycles. The smallest absolute Gasteiger partial charge is 0.338 e. The van der Waals surface area contributed by atoms with Crippen LogP contribution in [-0.4, -0.2) is 17.6 Å². The summed E-state index contributed by atoms with van der Waals surface area (Å²) in [6.07, 6.45) is 2.43. The zero-order valence-corrected chi connectivity index (χ0v) is 10.1. The Balaban J connectivity index is 2.11. The van der Waals surface area contributed by atoms with E-state index < -0.39 is 0 Å². The van der Waals surface area contributed by atoms with Gasteiger partial charge < -0.3 is 4.74 Å². The average molecular weight is 239 g/mol. The highest BCUT2D eigenvalue weighted by molar-refractivity contribution is 5.94. The lowest BCUT2D eigenvalue weighted by atomic mass is 10.1. The van der Waals surface area contributed by atoms with E-state index in [1.807, 2.05) is 25.1 Å². The third kappa shape index (κ3) is 1.59. The SMILES string of the molecule is CCOC(=O)c1ccnc2c1Cc1ccccc1-2. The van der Waals surface area contributed by atoms with E-state index >= 15 is 0 Å². The molecule has 0 saturated carbocycles. The molecule has 2 aromatic rings. The van der Waals surface area contributed by atoms with E-state index in [1.165, 1.54) is 5.56 Å². The number of carbonyl (C=O) groups excluding carboxylic acids is 1. The van der Waals surface area contributed by atoms with Crippen molar-refractivity contribution in [2.75, 3.05) is 6.61 Å². The van der Waals surface area contributed by atoms with Crippen LogP contribution in [0.5, 0.6) is 0 Å². The molecular weight excluding hydrogens is 226 g/mol. The summed E-state index contributed by atoms with van der Waals surface area (Å²) in [7, 11) is 0. The lowest BCUT2D eigenvalue weighted by Gasteiger charge is -2.06. The number of hydrogen-bond donors (Lipinski definition) is 0. The van der Waals surface area contributed by atoms with Crippen molar-refractivity contribution in [2.24, 2.45) is 0 Å². The molecule has 1 aromatic carbocycles. The van der Waals surface area contributed by atoms with Gasteiger partial charge in [-0.2, -0.15) is 0 Å². The number of esters is 1. The quantitative estimate of drug-likeness (QED) is 0.645. The van der Waals surface area contributed by atoms with Gasteiger partial charge >= 0.3 is 5.97 Å². The number of fused-ring (bicyclic) bond motifs is 3. The summed E-state index contributed by atoms with van der Waals surface area (Å²) >= 11 is 0. The summed E-state index contributed by atoms with van der Waals surface area (Å²) in [5.74, 6) is -0.260. The Morgan fingerprint density at radius 2 is 2.17 bits per heavy atom. The van der Waals surface area contributed by atoms with Crippen LogP contribution in [-0.2, 0) is 11.2 Å². The molecule has 3 heteroatoms. The van der Waals surface area contributed by atoms with E-state index in [9.17, 15) is 4.79 Å². The minimum Gasteiger partial charge on any atom is -0.462 e. The largest absolute Gasteiger partial charge is 0.462 e. The highest BCUT2D eigenvalue weighted by Crippen LogP contribution is 2.36. The number of rotatable bonds is 2. The Morgan fingerprint density at radius 1 is 1.33 bits per heavy atom. The molecule has 18 heavy (non-hydrogen) atoms. The normalized spacial score (nSPS) is 11.8. The fourth-order valence-electron chi connectivity index (χ4n) is 2.40. The molecule has 90 valence electrons. The van der Waals surface area contributed by atoms with Gasteiger partial charge in [0.25, 0.3) is 0 Å². The number of benzene rings is 1. The molecule has 0 radical (unpaired) electrons. The van der Waals surface area contributed by atoms with Gasteiger partial charge in [-0.15, -0.1) is 0 Å². The zero-order chi connectivity index (χ0) is 12.5. The maximum Gasteiger partial charge on any atom is 0.338 e. The fraction of sp³-hybridized carbons (Fsp3) is 0.200. The molecule has 0 bridgehead atoms. The van der Waals surface area contributed by atoms with Crippen LogP contribution < -0.4 is 0 Å². The number of pyridine rings is 1. The molecule has 0 aliphatic heterocycles. The van der Waals surface area contributed by atoms with E-state index in [-0.39, 0.29) is 5.97 Å². The fourth-order valence-corrected chi connectivity index (χ4v) is 2.40. The van der Waals surface area contributed by atoms with Crippen LogP contribution >= 0.6 is 0 Å². The van der Waals surface area contributed by atoms with E-state index in [0.717, 1.165) is 23.2 Å². The Hall–Kier alpha value is -2.16. The van der Waals surface area contributed by atoms with E-state index in [2.05, 4.69) is 11.1 Å². The minimum atomic E-state index is -0.260. The molecule has 3 nitrogen and oxygen atoms in total. The molecular formula is C15H13NO2. The lowest BCUT2D eigenvalue weighted by Crippen LogP contribution is -2.08. The van der Waals surface area contributed by atoms with Crippen molar-refractivity contribution in [3.8, 4) is 11.3 Å². The van der Waals surface area contributed by atoms with E-state index in [1.54, 1.807) is 12.3 Å². The zero-order valence-electron chi connectivity index (χ0n) is 10.1. The minimum absolute atomic E-state index is 0.260. The first-order valence-corrected chi connectivity index (χ1v) is 6.04. The van der Waals surface area contributed by atoms with E-state index in [0.29, 0.717) is 12.2 Å². The third-order valence-electron chi connectivity index (χ3n) is 3.19. The summed E-state index contributed by atoms with van der Waals surface area (Å²) in [6.45, 7) is 2.21. The standard InChI is InChI=1S/C15H13NO2/c1-2-18-15(17)12-7-8-16-14-11-6-4-3-5-10(11)9-13(12)14/h3-8H,2,9H2,1H3. The second-order valence-corrected chi connectivity index (χ2v) is 4.24. The first-order valence-electron chi connectivity index (χ1n) is 6.04. The third-order valence-corrected chi connectivity index (χ3v) is 3.19. The number of nitrogens with zero attached hydrogens (tertiary/aromatic N) is 1. The second-order valence-electron chi connectivity index (χ2n) is 4.24. The van der Waals surface area contributed by atoms with Gasteiger partial charge in [0.1, 0.15) is 0 Å². The highest BCUT2D eigenvalue weighted by Gasteiger charge is 2.24. The van der Waals surface area contributed by atoms with Gasteiger partial charge in [0.05, 0.1) is 17.9 Å². The van der Waals surface area contributed by atoms with Gasteiger partial charge in [-0.3, -0.25) is 4.98 Å². The Kier molecular flexibility index (Phi) is 2.59. The first kappa shape index (κ1) is 11.0. The lowest BCUT2D eigenvalue weighted by molar-refractivity contribution is 0.0525. The summed E-state index contributed by atoms with van der Waals surface area (Å²) in [4.78, 5) is 16.3. The van der Waals surface area contributed by atoms with Crippen LogP contribution in [0.2, 0.25) is 0 Å². The Morgan fingerprint density at radius 3 is 3.00 bits per heavy atom. The predicted molar refractivity (Wildman–Crippen MR) is 68.4 cm³/mol. The van der Waals surface area contributed by atoms with Gasteiger partial charge in [0.15, 0.2) is 0 Å². The molecule has 0 atom stereocenters. The molecule has 0 spiro atoms. The van der Waals surface area contributed by atoms with Crippen LogP contribution in [0.25, 0.3) is 11.3 Å². The van der Waals surface area contributed by atoms with Gasteiger partial charge in [0.2, 0.25) is 0 Å². The number of hydrogen-bond acceptors (Lipinski definition) is 3. The summed E-state index contributed by atoms with van der Waals surface area (Å²) in [6, 6.07) is 9.86. The van der Waals surface area contributed by atoms with Gasteiger partial charge in [-0.1, -0.05) is 24.3 Å². The number of ether oxygens (including phenoxy) is 1. The van der Waals surface area contributed by atoms with Crippen molar-refractivity contribution in [3.05, 3.63) is 53.2 Å². The summed E-state index contributed by atoms with van der Waals surface area (Å²) in [5.41, 5.74) is 4.88. The van der Waals surface area contributed by atoms with Crippen LogP contribution in [0.1, 0.15) is 28.4 Å². The monoisotopic (exact) mass is 239 g/mol. The van der Waals surface area contributed by atoms with Crippen molar-refractivity contribution < 1.29 is 9.53 Å². The molecule has 1 heterocycles. The van der Waals surface area contributed by atoms with Crippen LogP contribution in [0.4, 0.5) is 0 Å². The predicted octanol–water partition coefficient (Wildman–Crippen LogP) is 2.83. The van der Waals surface area contributed by atoms with E-state index in [4.69, 9.17) is 4.74 Å². The van der Waals surface area contributed by atoms with Crippen molar-refractivity contribution in [1.29, 1.82) is 0 Å². The molecule has 0 N–H and O–H groups in total. The molecule has 1 aliphatic rings. The van der Waals surface area contributed by atoms with Gasteiger partial charge in [-0.25, -0.2) is 4.79 Å². The van der Waals surface area contributed by atoms with Crippen molar-refractivity contribution >= 4 is 5.97 Å². The maximum absolute atomic E-state index is 11.9. The van der Waals surface area contributed by atoms with Crippen molar-refractivity contribution in [3.63, 3.8) is 0 Å². The highest BCUT2D eigenvalue weighted by atomic mass is 16.5. The first-order chi connectivity index (χ1) is 8.81. The summed E-state index contributed by atoms with van der Waals surface area (Å²) < 4.78 is 5.09. The molecule has 0 unspecified atom stereocenters. The van der Waals surface area contributed by atoms with Crippen LogP contribution in [0, 0.1) is 0 Å². The molecule has 0 fully saturated rings. The van der Waals surface area contributed by atoms with Crippen molar-refractivity contribution in [1.82, 2.24) is 4.98 Å². The van der Waals surface area contributed by atoms with Gasteiger partial charge in [-0.05, 0) is 24.1 Å². The summed E-state index contributed by atoms with van der Waals surface area (Å²) in [5, 5.41) is 0. The Labute approximate surface area is 105 Å². The maximum atomic E-state index is 11.9. The average Bonchev–Trinajstić information content (AvgIpc) is 2.77. The number of aromatic nitrogens is 1. The van der Waals surface area contributed by atoms with Crippen LogP contribution in [0.15, 0.2) is 36.5 Å². The molecule has 3 rings (SSSR count). The molecule has 0 saturated heterocycles. The second kappa shape index (κ2) is 4.26. The molecule has 1 aromatic heterocycles. The van der Waals surface area contributed by atoms with Crippen molar-refractivity contribution in [2.45, 2.75) is 13.3 Å². The number of carbonyl (C=O) groups is 1. The van der Waals surface area contributed by atoms with Crippen LogP contribution in [0.3, 0.4) is 0 Å². The topological polar surface area (TPSA) is 39.2 Å². The Bertz CT molecular complexity index is 620. The van der Waals surface area contributed by atoms with Gasteiger partial charge in [0, 0.05) is 18.2 Å². The molecule has 0 amide bonds.